The Morgan fingerprint density at radius 2 is 1.83 bits per heavy atom. The molecule has 180 valence electrons. The van der Waals surface area contributed by atoms with Gasteiger partial charge in [0.2, 0.25) is 0 Å². The quantitative estimate of drug-likeness (QED) is 0.199. The summed E-state index contributed by atoms with van der Waals surface area (Å²) in [4.78, 5) is 12.8. The second-order valence-corrected chi connectivity index (χ2v) is 9.97. The number of carbonyl (C=O) groups is 1. The highest BCUT2D eigenvalue weighted by Gasteiger charge is 2.15. The van der Waals surface area contributed by atoms with E-state index in [0.29, 0.717) is 43.9 Å². The fraction of sp³-hybridized carbons (Fsp3) is 0.154. The van der Waals surface area contributed by atoms with E-state index in [1.54, 1.807) is 36.4 Å². The lowest BCUT2D eigenvalue weighted by Crippen LogP contribution is -2.14. The van der Waals surface area contributed by atoms with Gasteiger partial charge in [0.05, 0.1) is 6.61 Å². The zero-order valence-corrected chi connectivity index (χ0v) is 23.5. The molecule has 0 aliphatic carbocycles. The lowest BCUT2D eigenvalue weighted by atomic mass is 10.1. The van der Waals surface area contributed by atoms with Crippen LogP contribution in [0.15, 0.2) is 63.0 Å². The molecule has 0 bridgehead atoms. The van der Waals surface area contributed by atoms with Crippen LogP contribution in [-0.4, -0.2) is 12.5 Å². The summed E-state index contributed by atoms with van der Waals surface area (Å²) in [7, 11) is 0. The van der Waals surface area contributed by atoms with Crippen LogP contribution in [0.5, 0.6) is 11.5 Å². The second-order valence-electron chi connectivity index (χ2n) is 7.36. The largest absolute Gasteiger partial charge is 0.490 e. The van der Waals surface area contributed by atoms with E-state index in [1.165, 1.54) is 6.08 Å². The average Bonchev–Trinajstić information content (AvgIpc) is 2.80. The maximum absolute atomic E-state index is 12.8. The van der Waals surface area contributed by atoms with Crippen LogP contribution in [0.4, 0.5) is 5.69 Å². The number of hydrogen-bond acceptors (Lipinski definition) is 4. The normalized spacial score (nSPS) is 11.1. The third kappa shape index (κ3) is 7.25. The number of carbonyl (C=O) groups excluding carboxylic acids is 1. The minimum atomic E-state index is -0.513. The molecule has 0 heterocycles. The highest BCUT2D eigenvalue weighted by molar-refractivity contribution is 9.10. The van der Waals surface area contributed by atoms with Crippen LogP contribution in [0.3, 0.4) is 0 Å². The van der Waals surface area contributed by atoms with Crippen molar-refractivity contribution in [2.45, 2.75) is 20.5 Å². The van der Waals surface area contributed by atoms with E-state index in [4.69, 9.17) is 32.7 Å². The number of nitrogens with zero attached hydrogens (tertiary/aromatic N) is 1. The van der Waals surface area contributed by atoms with Gasteiger partial charge in [-0.25, -0.2) is 0 Å². The van der Waals surface area contributed by atoms with Crippen LogP contribution in [0.25, 0.3) is 6.08 Å². The van der Waals surface area contributed by atoms with Gasteiger partial charge in [-0.05, 0) is 73.5 Å². The molecule has 0 saturated heterocycles. The van der Waals surface area contributed by atoms with E-state index in [2.05, 4.69) is 37.2 Å². The molecule has 3 rings (SSSR count). The van der Waals surface area contributed by atoms with E-state index in [0.717, 1.165) is 15.6 Å². The van der Waals surface area contributed by atoms with Crippen molar-refractivity contribution in [3.63, 3.8) is 0 Å². The molecule has 0 aliphatic heterocycles. The number of hydrogen-bond donors (Lipinski definition) is 1. The van der Waals surface area contributed by atoms with Crippen molar-refractivity contribution in [1.29, 1.82) is 5.26 Å². The summed E-state index contributed by atoms with van der Waals surface area (Å²) in [5.41, 5.74) is 2.79. The molecule has 0 atom stereocenters. The van der Waals surface area contributed by atoms with Crippen LogP contribution >= 0.6 is 55.1 Å². The highest BCUT2D eigenvalue weighted by Crippen LogP contribution is 2.36. The van der Waals surface area contributed by atoms with Crippen molar-refractivity contribution in [1.82, 2.24) is 0 Å². The first-order chi connectivity index (χ1) is 16.7. The van der Waals surface area contributed by atoms with Gasteiger partial charge in [0.15, 0.2) is 11.5 Å². The SMILES string of the molecule is CCOc1cc(/C=C(\C#N)C(=O)Nc2ccc(Br)cc2C)c(Br)cc1OCc1ccc(Cl)cc1Cl. The van der Waals surface area contributed by atoms with Gasteiger partial charge in [0, 0.05) is 30.2 Å². The van der Waals surface area contributed by atoms with Crippen LogP contribution in [0.1, 0.15) is 23.6 Å². The summed E-state index contributed by atoms with van der Waals surface area (Å²) in [6.07, 6.45) is 1.50. The summed E-state index contributed by atoms with van der Waals surface area (Å²) < 4.78 is 13.2. The molecule has 3 aromatic carbocycles. The molecule has 0 aliphatic rings. The molecule has 0 radical (unpaired) electrons. The number of nitrogens with one attached hydrogen (secondary N) is 1. The number of aryl methyl sites for hydroxylation is 1. The molecule has 3 aromatic rings. The van der Waals surface area contributed by atoms with E-state index in [9.17, 15) is 10.1 Å². The zero-order valence-electron chi connectivity index (χ0n) is 18.8. The van der Waals surface area contributed by atoms with Crippen molar-refractivity contribution >= 4 is 72.7 Å². The number of halogens is 4. The second kappa shape index (κ2) is 12.5. The van der Waals surface area contributed by atoms with E-state index < -0.39 is 5.91 Å². The summed E-state index contributed by atoms with van der Waals surface area (Å²) in [5, 5.41) is 13.5. The van der Waals surface area contributed by atoms with E-state index >= 15 is 0 Å². The Bertz CT molecular complexity index is 1340. The molecule has 0 spiro atoms. The van der Waals surface area contributed by atoms with Crippen molar-refractivity contribution in [2.24, 2.45) is 0 Å². The van der Waals surface area contributed by atoms with Gasteiger partial charge in [-0.3, -0.25) is 4.79 Å². The molecule has 5 nitrogen and oxygen atoms in total. The smallest absolute Gasteiger partial charge is 0.266 e. The van der Waals surface area contributed by atoms with Gasteiger partial charge in [-0.2, -0.15) is 5.26 Å². The summed E-state index contributed by atoms with van der Waals surface area (Å²) in [6.45, 7) is 4.33. The lowest BCUT2D eigenvalue weighted by Gasteiger charge is -2.15. The predicted octanol–water partition coefficient (Wildman–Crippen LogP) is 8.35. The summed E-state index contributed by atoms with van der Waals surface area (Å²) in [6, 6.07) is 16.1. The first-order valence-corrected chi connectivity index (χ1v) is 12.8. The standard InChI is InChI=1S/C26H20Br2Cl2N2O3/c1-3-34-24-10-17(9-18(13-31)26(33)32-23-7-5-19(27)8-15(23)2)21(28)12-25(24)35-14-16-4-6-20(29)11-22(16)30/h4-12H,3,14H2,1-2H3,(H,32,33)/b18-9+. The Balaban J connectivity index is 1.86. The number of amides is 1. The Labute approximate surface area is 230 Å². The van der Waals surface area contributed by atoms with Gasteiger partial charge in [-0.15, -0.1) is 0 Å². The molecular formula is C26H20Br2Cl2N2O3. The molecular weight excluding hydrogens is 619 g/mol. The van der Waals surface area contributed by atoms with Crippen LogP contribution in [0.2, 0.25) is 10.0 Å². The van der Waals surface area contributed by atoms with E-state index in [-0.39, 0.29) is 12.2 Å². The number of nitriles is 1. The van der Waals surface area contributed by atoms with Crippen molar-refractivity contribution in [3.05, 3.63) is 89.8 Å². The molecule has 0 saturated carbocycles. The minimum absolute atomic E-state index is 0.0583. The predicted molar refractivity (Wildman–Crippen MR) is 147 cm³/mol. The first kappa shape index (κ1) is 27.1. The summed E-state index contributed by atoms with van der Waals surface area (Å²) >= 11 is 19.1. The van der Waals surface area contributed by atoms with Gasteiger partial charge >= 0.3 is 0 Å². The van der Waals surface area contributed by atoms with Gasteiger partial charge in [0.25, 0.3) is 5.91 Å². The highest BCUT2D eigenvalue weighted by atomic mass is 79.9. The zero-order chi connectivity index (χ0) is 25.5. The fourth-order valence-corrected chi connectivity index (χ4v) is 4.47. The van der Waals surface area contributed by atoms with Gasteiger partial charge in [0.1, 0.15) is 18.2 Å². The fourth-order valence-electron chi connectivity index (χ4n) is 3.10. The monoisotopic (exact) mass is 636 g/mol. The third-order valence-corrected chi connectivity index (χ3v) is 6.63. The number of benzene rings is 3. The number of ether oxygens (including phenoxy) is 2. The van der Waals surface area contributed by atoms with Gasteiger partial charge in [-0.1, -0.05) is 61.1 Å². The molecule has 1 amide bonds. The molecule has 9 heteroatoms. The molecule has 1 N–H and O–H groups in total. The molecule has 0 fully saturated rings. The van der Waals surface area contributed by atoms with Crippen LogP contribution < -0.4 is 14.8 Å². The Morgan fingerprint density at radius 1 is 1.09 bits per heavy atom. The Kier molecular flexibility index (Phi) is 9.64. The molecule has 35 heavy (non-hydrogen) atoms. The lowest BCUT2D eigenvalue weighted by molar-refractivity contribution is -0.112. The van der Waals surface area contributed by atoms with Crippen molar-refractivity contribution in [3.8, 4) is 17.6 Å². The first-order valence-electron chi connectivity index (χ1n) is 10.4. The van der Waals surface area contributed by atoms with Crippen LogP contribution in [-0.2, 0) is 11.4 Å². The summed E-state index contributed by atoms with van der Waals surface area (Å²) in [5.74, 6) is 0.435. The minimum Gasteiger partial charge on any atom is -0.490 e. The number of rotatable bonds is 8. The molecule has 0 unspecified atom stereocenters. The van der Waals surface area contributed by atoms with Crippen molar-refractivity contribution < 1.29 is 14.3 Å². The van der Waals surface area contributed by atoms with Gasteiger partial charge < -0.3 is 14.8 Å². The third-order valence-electron chi connectivity index (χ3n) is 4.86. The number of anilines is 1. The maximum Gasteiger partial charge on any atom is 0.266 e. The molecule has 0 aromatic heterocycles. The maximum atomic E-state index is 12.8. The average molecular weight is 639 g/mol. The van der Waals surface area contributed by atoms with Crippen LogP contribution in [0, 0.1) is 18.3 Å². The Hall–Kier alpha value is -2.50. The van der Waals surface area contributed by atoms with E-state index in [1.807, 2.05) is 32.0 Å². The topological polar surface area (TPSA) is 71.3 Å². The Morgan fingerprint density at radius 3 is 2.49 bits per heavy atom. The van der Waals surface area contributed by atoms with Crippen molar-refractivity contribution in [2.75, 3.05) is 11.9 Å².